The number of likely N-dealkylation sites (tertiary alicyclic amines) is 1. The summed E-state index contributed by atoms with van der Waals surface area (Å²) in [5.41, 5.74) is 4.40. The first-order valence-electron chi connectivity index (χ1n) is 10.7. The monoisotopic (exact) mass is 479 g/mol. The minimum Gasteiger partial charge on any atom is -0.388 e. The van der Waals surface area contributed by atoms with Crippen molar-refractivity contribution in [1.82, 2.24) is 30.5 Å². The molecule has 4 amide bonds. The summed E-state index contributed by atoms with van der Waals surface area (Å²) in [6, 6.07) is 1.34. The molecule has 1 aromatic carbocycles. The zero-order valence-corrected chi connectivity index (χ0v) is 18.6. The predicted molar refractivity (Wildman–Crippen MR) is 115 cm³/mol. The molecule has 1 fully saturated rings. The molecule has 1 unspecified atom stereocenters. The largest absolute Gasteiger partial charge is 0.388 e. The highest BCUT2D eigenvalue weighted by atomic mass is 19.1. The molecule has 0 aliphatic carbocycles. The van der Waals surface area contributed by atoms with Gasteiger partial charge in [0.15, 0.2) is 0 Å². The molecule has 2 aromatic rings. The molecule has 0 spiro atoms. The van der Waals surface area contributed by atoms with Crippen LogP contribution in [-0.4, -0.2) is 61.5 Å². The second-order valence-corrected chi connectivity index (χ2v) is 8.35. The third-order valence-electron chi connectivity index (χ3n) is 5.63. The third kappa shape index (κ3) is 6.70. The van der Waals surface area contributed by atoms with E-state index < -0.39 is 35.2 Å². The van der Waals surface area contributed by atoms with Crippen LogP contribution in [0.2, 0.25) is 0 Å². The van der Waals surface area contributed by atoms with Gasteiger partial charge in [-0.25, -0.2) is 18.3 Å². The third-order valence-corrected chi connectivity index (χ3v) is 5.63. The van der Waals surface area contributed by atoms with E-state index in [0.717, 1.165) is 6.07 Å². The van der Waals surface area contributed by atoms with Crippen molar-refractivity contribution in [1.29, 1.82) is 0 Å². The molecule has 1 aromatic heterocycles. The van der Waals surface area contributed by atoms with Crippen LogP contribution < -0.4 is 16.4 Å². The highest BCUT2D eigenvalue weighted by Gasteiger charge is 2.35. The number of nitrogens with zero attached hydrogens (tertiary/aromatic N) is 4. The van der Waals surface area contributed by atoms with Crippen molar-refractivity contribution in [2.45, 2.75) is 50.9 Å². The number of nitrogens with one attached hydrogen (secondary N) is 2. The lowest BCUT2D eigenvalue weighted by Gasteiger charge is -2.38. The summed E-state index contributed by atoms with van der Waals surface area (Å²) in [5, 5.41) is 23.7. The topological polar surface area (TPSA) is 155 Å². The highest BCUT2D eigenvalue weighted by Crippen LogP contribution is 2.27. The van der Waals surface area contributed by atoms with E-state index in [4.69, 9.17) is 5.73 Å². The first-order chi connectivity index (χ1) is 16.0. The molecule has 1 atom stereocenters. The first kappa shape index (κ1) is 25.0. The summed E-state index contributed by atoms with van der Waals surface area (Å²) in [5.74, 6) is -2.39. The van der Waals surface area contributed by atoms with Crippen LogP contribution in [0, 0.1) is 11.6 Å². The molecule has 1 aliphatic rings. The lowest BCUT2D eigenvalue weighted by atomic mass is 9.91. The van der Waals surface area contributed by atoms with E-state index >= 15 is 0 Å². The summed E-state index contributed by atoms with van der Waals surface area (Å²) < 4.78 is 29.0. The van der Waals surface area contributed by atoms with Gasteiger partial charge in [-0.2, -0.15) is 0 Å². The standard InChI is InChI=1S/C21H27F2N7O4/c1-13(31)26-18(16-3-2-14(22)8-17(16)23)9-19(32)29-6-4-21(34,5-7-29)12-30-11-15(27-28-30)10-25-20(24)33/h2-3,8,11,18,34H,4-7,9-10,12H2,1H3,(H,26,31)(H3,24,25,33). The first-order valence-corrected chi connectivity index (χ1v) is 10.7. The lowest BCUT2D eigenvalue weighted by molar-refractivity contribution is -0.136. The Morgan fingerprint density at radius 1 is 1.26 bits per heavy atom. The fraction of sp³-hybridized carbons (Fsp3) is 0.476. The zero-order valence-electron chi connectivity index (χ0n) is 18.6. The fourth-order valence-electron chi connectivity index (χ4n) is 3.88. The number of hydrogen-bond donors (Lipinski definition) is 4. The number of carbonyl (C=O) groups excluding carboxylic acids is 3. The van der Waals surface area contributed by atoms with Crippen LogP contribution in [-0.2, 0) is 22.7 Å². The number of carbonyl (C=O) groups is 3. The molecule has 5 N–H and O–H groups in total. The minimum absolute atomic E-state index is 0.0197. The number of rotatable bonds is 8. The number of benzene rings is 1. The quantitative estimate of drug-likeness (QED) is 0.428. The zero-order chi connectivity index (χ0) is 24.9. The molecular weight excluding hydrogens is 452 g/mol. The van der Waals surface area contributed by atoms with Crippen molar-refractivity contribution in [3.8, 4) is 0 Å². The molecule has 1 aliphatic heterocycles. The number of piperidine rings is 1. The smallest absolute Gasteiger partial charge is 0.312 e. The van der Waals surface area contributed by atoms with Crippen LogP contribution >= 0.6 is 0 Å². The average molecular weight is 479 g/mol. The molecular formula is C21H27F2N7O4. The SMILES string of the molecule is CC(=O)NC(CC(=O)N1CCC(O)(Cn2cc(CNC(N)=O)nn2)CC1)c1ccc(F)cc1F. The Bertz CT molecular complexity index is 1050. The van der Waals surface area contributed by atoms with E-state index in [0.29, 0.717) is 11.8 Å². The number of aliphatic hydroxyl groups is 1. The van der Waals surface area contributed by atoms with E-state index in [-0.39, 0.29) is 56.9 Å². The number of urea groups is 1. The Morgan fingerprint density at radius 3 is 2.59 bits per heavy atom. The predicted octanol–water partition coefficient (Wildman–Crippen LogP) is 0.346. The lowest BCUT2D eigenvalue weighted by Crippen LogP contribution is -2.49. The molecule has 3 rings (SSSR count). The second-order valence-electron chi connectivity index (χ2n) is 8.35. The summed E-state index contributed by atoms with van der Waals surface area (Å²) >= 11 is 0. The van der Waals surface area contributed by atoms with Crippen molar-refractivity contribution in [2.24, 2.45) is 5.73 Å². The van der Waals surface area contributed by atoms with Crippen molar-refractivity contribution in [3.05, 3.63) is 47.3 Å². The molecule has 0 saturated carbocycles. The Morgan fingerprint density at radius 2 is 1.97 bits per heavy atom. The van der Waals surface area contributed by atoms with Gasteiger partial charge >= 0.3 is 6.03 Å². The van der Waals surface area contributed by atoms with E-state index in [1.807, 2.05) is 0 Å². The van der Waals surface area contributed by atoms with Gasteiger partial charge in [0.25, 0.3) is 0 Å². The van der Waals surface area contributed by atoms with Crippen molar-refractivity contribution in [3.63, 3.8) is 0 Å². The normalized spacial score (nSPS) is 16.1. The van der Waals surface area contributed by atoms with Crippen molar-refractivity contribution >= 4 is 17.8 Å². The number of hydrogen-bond acceptors (Lipinski definition) is 6. The molecule has 34 heavy (non-hydrogen) atoms. The molecule has 0 radical (unpaired) electrons. The van der Waals surface area contributed by atoms with Gasteiger partial charge in [-0.1, -0.05) is 11.3 Å². The van der Waals surface area contributed by atoms with Crippen LogP contribution in [0.3, 0.4) is 0 Å². The van der Waals surface area contributed by atoms with Gasteiger partial charge in [-0.15, -0.1) is 5.10 Å². The average Bonchev–Trinajstić information content (AvgIpc) is 3.18. The van der Waals surface area contributed by atoms with Gasteiger partial charge < -0.3 is 26.4 Å². The fourth-order valence-corrected chi connectivity index (χ4v) is 3.88. The Kier molecular flexibility index (Phi) is 7.76. The van der Waals surface area contributed by atoms with Crippen molar-refractivity contribution in [2.75, 3.05) is 13.1 Å². The maximum absolute atomic E-state index is 14.3. The van der Waals surface area contributed by atoms with Gasteiger partial charge in [-0.05, 0) is 18.9 Å². The Balaban J connectivity index is 1.58. The van der Waals surface area contributed by atoms with Crippen molar-refractivity contribution < 1.29 is 28.3 Å². The second kappa shape index (κ2) is 10.5. The maximum Gasteiger partial charge on any atom is 0.312 e. The van der Waals surface area contributed by atoms with Gasteiger partial charge in [0, 0.05) is 31.6 Å². The number of nitrogens with two attached hydrogens (primary N) is 1. The van der Waals surface area contributed by atoms with Gasteiger partial charge in [0.2, 0.25) is 11.8 Å². The van der Waals surface area contributed by atoms with Crippen LogP contribution in [0.5, 0.6) is 0 Å². The molecule has 11 nitrogen and oxygen atoms in total. The molecule has 2 heterocycles. The van der Waals surface area contributed by atoms with Gasteiger partial charge in [0.05, 0.1) is 37.4 Å². The van der Waals surface area contributed by atoms with E-state index in [1.165, 1.54) is 22.6 Å². The Hall–Kier alpha value is -3.61. The minimum atomic E-state index is -1.13. The highest BCUT2D eigenvalue weighted by molar-refractivity contribution is 5.79. The van der Waals surface area contributed by atoms with Crippen LogP contribution in [0.1, 0.15) is 43.5 Å². The van der Waals surface area contributed by atoms with Crippen LogP contribution in [0.15, 0.2) is 24.4 Å². The van der Waals surface area contributed by atoms with E-state index in [2.05, 4.69) is 20.9 Å². The summed E-state index contributed by atoms with van der Waals surface area (Å²) in [4.78, 5) is 36.8. The van der Waals surface area contributed by atoms with Crippen LogP contribution in [0.4, 0.5) is 13.6 Å². The summed E-state index contributed by atoms with van der Waals surface area (Å²) in [7, 11) is 0. The molecule has 1 saturated heterocycles. The van der Waals surface area contributed by atoms with Gasteiger partial charge in [-0.3, -0.25) is 9.59 Å². The van der Waals surface area contributed by atoms with E-state index in [1.54, 1.807) is 6.20 Å². The number of halogens is 2. The molecule has 0 bridgehead atoms. The summed E-state index contributed by atoms with van der Waals surface area (Å²) in [6.07, 6.45) is 1.91. The number of amides is 4. The Labute approximate surface area is 194 Å². The van der Waals surface area contributed by atoms with Crippen LogP contribution in [0.25, 0.3) is 0 Å². The van der Waals surface area contributed by atoms with Gasteiger partial charge in [0.1, 0.15) is 17.3 Å². The number of aromatic nitrogens is 3. The summed E-state index contributed by atoms with van der Waals surface area (Å²) in [6.45, 7) is 2.01. The van der Waals surface area contributed by atoms with E-state index in [9.17, 15) is 28.3 Å². The maximum atomic E-state index is 14.3. The molecule has 184 valence electrons. The number of primary amides is 1. The molecule has 13 heteroatoms.